The highest BCUT2D eigenvalue weighted by molar-refractivity contribution is 5.88. The Morgan fingerprint density at radius 1 is 1.06 bits per heavy atom. The summed E-state index contributed by atoms with van der Waals surface area (Å²) in [6.45, 7) is 5.69. The molecule has 33 heavy (non-hydrogen) atoms. The van der Waals surface area contributed by atoms with Crippen LogP contribution in [0.15, 0.2) is 61.2 Å². The van der Waals surface area contributed by atoms with Gasteiger partial charge in [-0.15, -0.1) is 0 Å². The number of aromatic nitrogens is 3. The molecule has 2 amide bonds. The molecule has 3 aromatic rings. The Balaban J connectivity index is 1.43. The molecule has 1 N–H and O–H groups in total. The van der Waals surface area contributed by atoms with Crippen molar-refractivity contribution in [2.45, 2.75) is 45.5 Å². The maximum atomic E-state index is 13.1. The van der Waals surface area contributed by atoms with Crippen LogP contribution in [-0.4, -0.2) is 37.5 Å². The number of amides is 2. The van der Waals surface area contributed by atoms with E-state index in [1.54, 1.807) is 45.3 Å². The molecule has 170 valence electrons. The van der Waals surface area contributed by atoms with Gasteiger partial charge in [-0.25, -0.2) is 14.8 Å². The van der Waals surface area contributed by atoms with Gasteiger partial charge in [0.1, 0.15) is 29.5 Å². The molecule has 0 aliphatic carbocycles. The van der Waals surface area contributed by atoms with Gasteiger partial charge in [-0.3, -0.25) is 14.7 Å². The average molecular weight is 447 g/mol. The van der Waals surface area contributed by atoms with Crippen LogP contribution in [0.3, 0.4) is 0 Å². The summed E-state index contributed by atoms with van der Waals surface area (Å²) in [5, 5.41) is 2.85. The Morgan fingerprint density at radius 2 is 1.85 bits per heavy atom. The molecule has 0 radical (unpaired) electrons. The van der Waals surface area contributed by atoms with Crippen LogP contribution in [0.5, 0.6) is 11.5 Å². The van der Waals surface area contributed by atoms with Crippen LogP contribution in [0, 0.1) is 0 Å². The van der Waals surface area contributed by atoms with Crippen LogP contribution in [0.25, 0.3) is 0 Å². The van der Waals surface area contributed by atoms with Crippen LogP contribution in [0.1, 0.15) is 43.8 Å². The molecule has 2 aromatic heterocycles. The molecule has 3 heterocycles. The van der Waals surface area contributed by atoms with Gasteiger partial charge in [-0.1, -0.05) is 18.2 Å². The molecular formula is C24H25N5O4. The van der Waals surface area contributed by atoms with E-state index in [0.717, 1.165) is 0 Å². The zero-order valence-corrected chi connectivity index (χ0v) is 18.7. The molecule has 0 saturated carbocycles. The van der Waals surface area contributed by atoms with E-state index in [1.807, 2.05) is 30.3 Å². The van der Waals surface area contributed by atoms with Gasteiger partial charge < -0.3 is 14.8 Å². The number of carbonyl (C=O) groups excluding carboxylic acids is 2. The number of ether oxygens (including phenoxy) is 2. The number of rotatable bonds is 5. The second kappa shape index (κ2) is 9.23. The van der Waals surface area contributed by atoms with Crippen molar-refractivity contribution in [1.82, 2.24) is 25.2 Å². The minimum Gasteiger partial charge on any atom is -0.456 e. The molecule has 9 heteroatoms. The van der Waals surface area contributed by atoms with E-state index in [2.05, 4.69) is 20.3 Å². The van der Waals surface area contributed by atoms with E-state index in [1.165, 1.54) is 11.2 Å². The van der Waals surface area contributed by atoms with Crippen LogP contribution in [0.2, 0.25) is 0 Å². The highest BCUT2D eigenvalue weighted by Gasteiger charge is 2.41. The third-order valence-electron chi connectivity index (χ3n) is 4.85. The number of nitrogens with zero attached hydrogens (tertiary/aromatic N) is 4. The van der Waals surface area contributed by atoms with E-state index in [-0.39, 0.29) is 19.0 Å². The number of nitrogens with one attached hydrogen (secondary N) is 1. The third kappa shape index (κ3) is 5.43. The van der Waals surface area contributed by atoms with Gasteiger partial charge in [0.25, 0.3) is 0 Å². The summed E-state index contributed by atoms with van der Waals surface area (Å²) in [6, 6.07) is 12.1. The molecule has 0 bridgehead atoms. The van der Waals surface area contributed by atoms with Crippen molar-refractivity contribution in [2.75, 3.05) is 0 Å². The fourth-order valence-corrected chi connectivity index (χ4v) is 3.39. The third-order valence-corrected chi connectivity index (χ3v) is 4.85. The molecular weight excluding hydrogens is 422 g/mol. The topological polar surface area (TPSA) is 107 Å². The number of benzene rings is 1. The first-order valence-electron chi connectivity index (χ1n) is 10.5. The average Bonchev–Trinajstić information content (AvgIpc) is 3.18. The predicted octanol–water partition coefficient (Wildman–Crippen LogP) is 3.77. The SMILES string of the molecule is CC(C)(C)OC(=O)N1Cc2ncncc2C1C(=O)NCc1ccc(Oc2ccccc2)cn1. The normalized spacial score (nSPS) is 15.0. The molecule has 1 aliphatic rings. The predicted molar refractivity (Wildman–Crippen MR) is 119 cm³/mol. The summed E-state index contributed by atoms with van der Waals surface area (Å²) in [7, 11) is 0. The fraction of sp³-hybridized carbons (Fsp3) is 0.292. The summed E-state index contributed by atoms with van der Waals surface area (Å²) in [6.07, 6.45) is 3.97. The van der Waals surface area contributed by atoms with E-state index < -0.39 is 17.7 Å². The largest absolute Gasteiger partial charge is 0.456 e. The van der Waals surface area contributed by atoms with Crippen molar-refractivity contribution in [2.24, 2.45) is 0 Å². The van der Waals surface area contributed by atoms with E-state index in [9.17, 15) is 9.59 Å². The molecule has 1 unspecified atom stereocenters. The first kappa shape index (κ1) is 22.2. The molecule has 1 aromatic carbocycles. The number of fused-ring (bicyclic) bond motifs is 1. The van der Waals surface area contributed by atoms with Crippen molar-refractivity contribution in [1.29, 1.82) is 0 Å². The van der Waals surface area contributed by atoms with Gasteiger partial charge in [-0.2, -0.15) is 0 Å². The first-order valence-corrected chi connectivity index (χ1v) is 10.5. The number of pyridine rings is 1. The van der Waals surface area contributed by atoms with Gasteiger partial charge in [0.2, 0.25) is 5.91 Å². The lowest BCUT2D eigenvalue weighted by Gasteiger charge is -2.28. The molecule has 0 fully saturated rings. The Bertz CT molecular complexity index is 1130. The van der Waals surface area contributed by atoms with E-state index >= 15 is 0 Å². The standard InChI is InChI=1S/C24H25N5O4/c1-24(2,3)33-23(31)29-14-20-19(13-25-15-28-20)21(29)22(30)27-11-16-9-10-18(12-26-16)32-17-7-5-4-6-8-17/h4-10,12-13,15,21H,11,14H2,1-3H3,(H,27,30). The van der Waals surface area contributed by atoms with Crippen molar-refractivity contribution >= 4 is 12.0 Å². The Hall–Kier alpha value is -4.01. The number of hydrogen-bond acceptors (Lipinski definition) is 7. The van der Waals surface area contributed by atoms with Crippen molar-refractivity contribution in [3.63, 3.8) is 0 Å². The van der Waals surface area contributed by atoms with E-state index in [4.69, 9.17) is 9.47 Å². The Labute approximate surface area is 191 Å². The van der Waals surface area contributed by atoms with Crippen molar-refractivity contribution < 1.29 is 19.1 Å². The van der Waals surface area contributed by atoms with Crippen LogP contribution in [-0.2, 0) is 22.6 Å². The number of hydrogen-bond donors (Lipinski definition) is 1. The van der Waals surface area contributed by atoms with Gasteiger partial charge in [0.15, 0.2) is 0 Å². The summed E-state index contributed by atoms with van der Waals surface area (Å²) >= 11 is 0. The van der Waals surface area contributed by atoms with Crippen molar-refractivity contribution in [3.8, 4) is 11.5 Å². The second-order valence-electron chi connectivity index (χ2n) is 8.55. The minimum absolute atomic E-state index is 0.175. The number of para-hydroxylation sites is 1. The number of carbonyl (C=O) groups is 2. The van der Waals surface area contributed by atoms with Gasteiger partial charge in [0, 0.05) is 11.8 Å². The maximum Gasteiger partial charge on any atom is 0.411 e. The lowest BCUT2D eigenvalue weighted by molar-refractivity contribution is -0.126. The monoisotopic (exact) mass is 447 g/mol. The maximum absolute atomic E-state index is 13.1. The fourth-order valence-electron chi connectivity index (χ4n) is 3.39. The lowest BCUT2D eigenvalue weighted by Crippen LogP contribution is -2.42. The van der Waals surface area contributed by atoms with Crippen LogP contribution >= 0.6 is 0 Å². The molecule has 9 nitrogen and oxygen atoms in total. The molecule has 4 rings (SSSR count). The second-order valence-corrected chi connectivity index (χ2v) is 8.55. The van der Waals surface area contributed by atoms with Crippen LogP contribution < -0.4 is 10.1 Å². The minimum atomic E-state index is -0.878. The Morgan fingerprint density at radius 3 is 2.55 bits per heavy atom. The molecule has 0 spiro atoms. The summed E-state index contributed by atoms with van der Waals surface area (Å²) in [5.41, 5.74) is 1.17. The van der Waals surface area contributed by atoms with Gasteiger partial charge >= 0.3 is 6.09 Å². The molecule has 0 saturated heterocycles. The van der Waals surface area contributed by atoms with Crippen molar-refractivity contribution in [3.05, 3.63) is 78.1 Å². The first-order chi connectivity index (χ1) is 15.8. The zero-order valence-electron chi connectivity index (χ0n) is 18.7. The highest BCUT2D eigenvalue weighted by atomic mass is 16.6. The zero-order chi connectivity index (χ0) is 23.4. The van der Waals surface area contributed by atoms with Gasteiger partial charge in [0.05, 0.1) is 30.7 Å². The summed E-state index contributed by atoms with van der Waals surface area (Å²) in [4.78, 5) is 39.8. The molecule has 1 aliphatic heterocycles. The Kier molecular flexibility index (Phi) is 6.21. The highest BCUT2D eigenvalue weighted by Crippen LogP contribution is 2.33. The summed E-state index contributed by atoms with van der Waals surface area (Å²) in [5.74, 6) is 0.944. The summed E-state index contributed by atoms with van der Waals surface area (Å²) < 4.78 is 11.2. The quantitative estimate of drug-likeness (QED) is 0.634. The smallest absolute Gasteiger partial charge is 0.411 e. The van der Waals surface area contributed by atoms with Gasteiger partial charge in [-0.05, 0) is 45.0 Å². The van der Waals surface area contributed by atoms with Crippen LogP contribution in [0.4, 0.5) is 4.79 Å². The molecule has 1 atom stereocenters. The lowest BCUT2D eigenvalue weighted by atomic mass is 10.1. The van der Waals surface area contributed by atoms with E-state index in [0.29, 0.717) is 28.5 Å².